The number of amides is 3. The Labute approximate surface area is 254 Å². The van der Waals surface area contributed by atoms with E-state index >= 15 is 0 Å². The van der Waals surface area contributed by atoms with Gasteiger partial charge >= 0.3 is 0 Å². The number of carbonyl (C=O) groups is 3. The average Bonchev–Trinajstić information content (AvgIpc) is 3.15. The average molecular weight is 688 g/mol. The molecule has 10 heteroatoms. The lowest BCUT2D eigenvalue weighted by atomic mass is 10.1. The third-order valence-electron chi connectivity index (χ3n) is 6.17. The zero-order valence-electron chi connectivity index (χ0n) is 22.5. The van der Waals surface area contributed by atoms with Crippen LogP contribution in [-0.4, -0.2) is 35.2 Å². The second-order valence-electron chi connectivity index (χ2n) is 9.27. The smallest absolute Gasteiger partial charge is 0.293 e. The molecule has 3 aromatic carbocycles. The van der Waals surface area contributed by atoms with Crippen molar-refractivity contribution in [2.24, 2.45) is 0 Å². The highest BCUT2D eigenvalue weighted by Gasteiger charge is 2.35. The molecule has 0 spiro atoms. The fraction of sp³-hybridized carbons (Fsp3) is 0.233. The van der Waals surface area contributed by atoms with Crippen LogP contribution in [0.25, 0.3) is 6.08 Å². The highest BCUT2D eigenvalue weighted by molar-refractivity contribution is 9.11. The number of carbonyl (C=O) groups excluding carboxylic acids is 3. The Bertz CT molecular complexity index is 1500. The number of imide groups is 1. The van der Waals surface area contributed by atoms with Gasteiger partial charge in [-0.2, -0.15) is 0 Å². The summed E-state index contributed by atoms with van der Waals surface area (Å²) in [6, 6.07) is 15.0. The predicted molar refractivity (Wildman–Crippen MR) is 166 cm³/mol. The van der Waals surface area contributed by atoms with Gasteiger partial charge in [0.25, 0.3) is 17.1 Å². The first kappa shape index (κ1) is 29.9. The van der Waals surface area contributed by atoms with Crippen LogP contribution in [0, 0.1) is 20.8 Å². The summed E-state index contributed by atoms with van der Waals surface area (Å²) >= 11 is 7.90. The van der Waals surface area contributed by atoms with Gasteiger partial charge in [0.2, 0.25) is 0 Å². The normalized spacial score (nSPS) is 14.2. The van der Waals surface area contributed by atoms with E-state index in [0.29, 0.717) is 38.7 Å². The van der Waals surface area contributed by atoms with Crippen molar-refractivity contribution < 1.29 is 23.9 Å². The predicted octanol–water partition coefficient (Wildman–Crippen LogP) is 7.79. The lowest BCUT2D eigenvalue weighted by Gasteiger charge is -2.15. The number of hydrogen-bond donors (Lipinski definition) is 1. The van der Waals surface area contributed by atoms with Gasteiger partial charge in [-0.05, 0) is 124 Å². The molecule has 0 radical (unpaired) electrons. The Hall–Kier alpha value is -3.08. The molecular weight excluding hydrogens is 660 g/mol. The van der Waals surface area contributed by atoms with Gasteiger partial charge in [-0.15, -0.1) is 0 Å². The fourth-order valence-corrected chi connectivity index (χ4v) is 5.91. The van der Waals surface area contributed by atoms with Crippen molar-refractivity contribution in [3.8, 4) is 11.5 Å². The molecule has 40 heavy (non-hydrogen) atoms. The van der Waals surface area contributed by atoms with Crippen molar-refractivity contribution in [3.63, 3.8) is 0 Å². The van der Waals surface area contributed by atoms with Crippen LogP contribution in [0.4, 0.5) is 10.5 Å². The lowest BCUT2D eigenvalue weighted by molar-refractivity contribution is -0.123. The molecule has 0 bridgehead atoms. The minimum absolute atomic E-state index is 0.212. The largest absolute Gasteiger partial charge is 0.490 e. The molecule has 7 nitrogen and oxygen atoms in total. The highest BCUT2D eigenvalue weighted by Crippen LogP contribution is 2.39. The molecule has 0 saturated carbocycles. The van der Waals surface area contributed by atoms with Crippen LogP contribution in [0.1, 0.15) is 34.7 Å². The summed E-state index contributed by atoms with van der Waals surface area (Å²) in [4.78, 5) is 39.9. The minimum Gasteiger partial charge on any atom is -0.490 e. The Morgan fingerprint density at radius 3 is 2.38 bits per heavy atom. The SMILES string of the molecule is CCOc1cc(/C=C2/SC(=O)N(Cc3ccc(C)cc3)C2=O)cc(Br)c1OCC(=O)Nc1cc(C)c(C)cc1Br. The maximum absolute atomic E-state index is 13.0. The van der Waals surface area contributed by atoms with Gasteiger partial charge in [0.15, 0.2) is 18.1 Å². The van der Waals surface area contributed by atoms with Crippen LogP contribution in [0.5, 0.6) is 11.5 Å². The molecule has 0 aromatic heterocycles. The number of anilines is 1. The molecule has 1 aliphatic heterocycles. The number of halogens is 2. The fourth-order valence-electron chi connectivity index (χ4n) is 3.94. The van der Waals surface area contributed by atoms with Crippen molar-refractivity contribution in [2.75, 3.05) is 18.5 Å². The topological polar surface area (TPSA) is 84.9 Å². The molecule has 1 aliphatic rings. The summed E-state index contributed by atoms with van der Waals surface area (Å²) < 4.78 is 13.0. The number of hydrogen-bond acceptors (Lipinski definition) is 6. The second kappa shape index (κ2) is 13.1. The number of ether oxygens (including phenoxy) is 2. The van der Waals surface area contributed by atoms with E-state index in [1.165, 1.54) is 4.90 Å². The molecule has 1 heterocycles. The Morgan fingerprint density at radius 1 is 0.975 bits per heavy atom. The molecule has 1 N–H and O–H groups in total. The molecular formula is C30H28Br2N2O5S. The van der Waals surface area contributed by atoms with E-state index in [4.69, 9.17) is 9.47 Å². The summed E-state index contributed by atoms with van der Waals surface area (Å²) in [5.74, 6) is 0.0896. The number of nitrogens with zero attached hydrogens (tertiary/aromatic N) is 1. The molecule has 208 valence electrons. The van der Waals surface area contributed by atoms with Crippen LogP contribution < -0.4 is 14.8 Å². The first-order chi connectivity index (χ1) is 19.0. The molecule has 0 aliphatic carbocycles. The van der Waals surface area contributed by atoms with Crippen LogP contribution in [0.2, 0.25) is 0 Å². The van der Waals surface area contributed by atoms with Crippen molar-refractivity contribution in [3.05, 3.63) is 90.2 Å². The third-order valence-corrected chi connectivity index (χ3v) is 8.32. The number of benzene rings is 3. The number of thioether (sulfide) groups is 1. The maximum atomic E-state index is 13.0. The molecule has 1 saturated heterocycles. The van der Waals surface area contributed by atoms with Gasteiger partial charge < -0.3 is 14.8 Å². The second-order valence-corrected chi connectivity index (χ2v) is 12.0. The zero-order chi connectivity index (χ0) is 29.0. The third kappa shape index (κ3) is 7.16. The Morgan fingerprint density at radius 2 is 1.68 bits per heavy atom. The van der Waals surface area contributed by atoms with Gasteiger partial charge in [-0.1, -0.05) is 29.8 Å². The van der Waals surface area contributed by atoms with Crippen LogP contribution in [0.15, 0.2) is 62.4 Å². The van der Waals surface area contributed by atoms with Gasteiger partial charge in [0, 0.05) is 4.47 Å². The molecule has 3 amide bonds. The van der Waals surface area contributed by atoms with Crippen molar-refractivity contribution in [1.82, 2.24) is 4.90 Å². The number of rotatable bonds is 9. The van der Waals surface area contributed by atoms with E-state index in [2.05, 4.69) is 37.2 Å². The summed E-state index contributed by atoms with van der Waals surface area (Å²) in [5.41, 5.74) is 5.47. The van der Waals surface area contributed by atoms with E-state index < -0.39 is 0 Å². The first-order valence-electron chi connectivity index (χ1n) is 12.5. The first-order valence-corrected chi connectivity index (χ1v) is 14.9. The van der Waals surface area contributed by atoms with Gasteiger partial charge in [-0.3, -0.25) is 19.3 Å². The highest BCUT2D eigenvalue weighted by atomic mass is 79.9. The standard InChI is InChI=1S/C30H28Br2N2O5S/c1-5-38-25-13-21(14-26-29(36)34(30(37)40-26)15-20-8-6-17(2)7-9-20)12-23(32)28(25)39-16-27(35)33-24-11-19(4)18(3)10-22(24)31/h6-14H,5,15-16H2,1-4H3,(H,33,35)/b26-14+. The Kier molecular flexibility index (Phi) is 9.76. The molecule has 0 unspecified atom stereocenters. The van der Waals surface area contributed by atoms with Gasteiger partial charge in [0.05, 0.1) is 28.2 Å². The van der Waals surface area contributed by atoms with E-state index in [9.17, 15) is 14.4 Å². The summed E-state index contributed by atoms with van der Waals surface area (Å²) in [5, 5.41) is 2.54. The van der Waals surface area contributed by atoms with Crippen LogP contribution in [-0.2, 0) is 16.1 Å². The minimum atomic E-state index is -0.348. The molecule has 1 fully saturated rings. The monoisotopic (exact) mass is 686 g/mol. The maximum Gasteiger partial charge on any atom is 0.293 e. The lowest BCUT2D eigenvalue weighted by Crippen LogP contribution is -2.27. The summed E-state index contributed by atoms with van der Waals surface area (Å²) in [6.45, 7) is 8.13. The van der Waals surface area contributed by atoms with Crippen LogP contribution >= 0.6 is 43.6 Å². The summed E-state index contributed by atoms with van der Waals surface area (Å²) in [7, 11) is 0. The van der Waals surface area contributed by atoms with Crippen molar-refractivity contribution in [1.29, 1.82) is 0 Å². The van der Waals surface area contributed by atoms with E-state index in [0.717, 1.165) is 38.5 Å². The van der Waals surface area contributed by atoms with Crippen LogP contribution in [0.3, 0.4) is 0 Å². The molecule has 4 rings (SSSR count). The van der Waals surface area contributed by atoms with E-state index in [1.807, 2.05) is 64.1 Å². The van der Waals surface area contributed by atoms with Crippen molar-refractivity contribution >= 4 is 72.4 Å². The van der Waals surface area contributed by atoms with Gasteiger partial charge in [-0.25, -0.2) is 0 Å². The quantitative estimate of drug-likeness (QED) is 0.231. The summed E-state index contributed by atoms with van der Waals surface area (Å²) in [6.07, 6.45) is 1.65. The van der Waals surface area contributed by atoms with Crippen molar-refractivity contribution in [2.45, 2.75) is 34.2 Å². The van der Waals surface area contributed by atoms with Gasteiger partial charge in [0.1, 0.15) is 0 Å². The van der Waals surface area contributed by atoms with E-state index in [1.54, 1.807) is 18.2 Å². The zero-order valence-corrected chi connectivity index (χ0v) is 26.5. The van der Waals surface area contributed by atoms with E-state index in [-0.39, 0.29) is 30.2 Å². The molecule has 0 atom stereocenters. The Balaban J connectivity index is 1.49. The number of aryl methyl sites for hydroxylation is 3. The molecule has 3 aromatic rings. The number of nitrogens with one attached hydrogen (secondary N) is 1.